The minimum absolute atomic E-state index is 0.642. The van der Waals surface area contributed by atoms with Gasteiger partial charge in [0.15, 0.2) is 0 Å². The van der Waals surface area contributed by atoms with E-state index in [-0.39, 0.29) is 0 Å². The number of benzene rings is 1. The smallest absolute Gasteiger partial charge is 0.0122 e. The maximum atomic E-state index is 3.63. The van der Waals surface area contributed by atoms with E-state index >= 15 is 0 Å². The van der Waals surface area contributed by atoms with Crippen molar-refractivity contribution >= 4 is 0 Å². The summed E-state index contributed by atoms with van der Waals surface area (Å²) in [5, 5.41) is 3.63. The standard InChI is InChI=1S/C14H22N2/c1-16(2)14-8-9-15-13(11-14)10-12-6-4-3-5-7-12/h3-7,13-15H,8-11H2,1-2H3. The van der Waals surface area contributed by atoms with Gasteiger partial charge in [0.2, 0.25) is 0 Å². The van der Waals surface area contributed by atoms with E-state index in [0.29, 0.717) is 6.04 Å². The van der Waals surface area contributed by atoms with Gasteiger partial charge in [0.25, 0.3) is 0 Å². The van der Waals surface area contributed by atoms with Crippen LogP contribution >= 0.6 is 0 Å². The van der Waals surface area contributed by atoms with Crippen molar-refractivity contribution in [2.75, 3.05) is 20.6 Å². The maximum absolute atomic E-state index is 3.63. The molecule has 0 saturated carbocycles. The fourth-order valence-corrected chi connectivity index (χ4v) is 2.51. The van der Waals surface area contributed by atoms with Crippen molar-refractivity contribution in [3.05, 3.63) is 35.9 Å². The first-order chi connectivity index (χ1) is 7.75. The van der Waals surface area contributed by atoms with Gasteiger partial charge in [-0.1, -0.05) is 30.3 Å². The Labute approximate surface area is 98.7 Å². The van der Waals surface area contributed by atoms with Gasteiger partial charge in [0.1, 0.15) is 0 Å². The quantitative estimate of drug-likeness (QED) is 0.834. The van der Waals surface area contributed by atoms with Crippen molar-refractivity contribution < 1.29 is 0 Å². The molecule has 2 nitrogen and oxygen atoms in total. The van der Waals surface area contributed by atoms with Gasteiger partial charge in [-0.05, 0) is 45.5 Å². The summed E-state index contributed by atoms with van der Waals surface area (Å²) in [5.74, 6) is 0. The lowest BCUT2D eigenvalue weighted by Crippen LogP contribution is -2.46. The summed E-state index contributed by atoms with van der Waals surface area (Å²) in [5.41, 5.74) is 1.44. The van der Waals surface area contributed by atoms with E-state index < -0.39 is 0 Å². The number of rotatable bonds is 3. The Morgan fingerprint density at radius 2 is 2.00 bits per heavy atom. The van der Waals surface area contributed by atoms with Crippen LogP contribution in [0.1, 0.15) is 18.4 Å². The molecular formula is C14H22N2. The van der Waals surface area contributed by atoms with Gasteiger partial charge >= 0.3 is 0 Å². The van der Waals surface area contributed by atoms with E-state index in [4.69, 9.17) is 0 Å². The van der Waals surface area contributed by atoms with Crippen molar-refractivity contribution in [1.29, 1.82) is 0 Å². The molecule has 1 aromatic rings. The maximum Gasteiger partial charge on any atom is 0.0122 e. The Bertz CT molecular complexity index is 308. The van der Waals surface area contributed by atoms with Crippen LogP contribution in [0.25, 0.3) is 0 Å². The molecule has 0 radical (unpaired) electrons. The normalized spacial score (nSPS) is 25.9. The molecule has 1 aliphatic rings. The van der Waals surface area contributed by atoms with Crippen molar-refractivity contribution in [2.45, 2.75) is 31.3 Å². The zero-order chi connectivity index (χ0) is 11.4. The van der Waals surface area contributed by atoms with Crippen LogP contribution in [0, 0.1) is 0 Å². The van der Waals surface area contributed by atoms with Crippen LogP contribution in [0.2, 0.25) is 0 Å². The van der Waals surface area contributed by atoms with Gasteiger partial charge in [0, 0.05) is 12.1 Å². The van der Waals surface area contributed by atoms with Crippen LogP contribution in [0.4, 0.5) is 0 Å². The van der Waals surface area contributed by atoms with Gasteiger partial charge < -0.3 is 10.2 Å². The van der Waals surface area contributed by atoms with E-state index in [9.17, 15) is 0 Å². The highest BCUT2D eigenvalue weighted by Gasteiger charge is 2.22. The molecule has 0 amide bonds. The highest BCUT2D eigenvalue weighted by Crippen LogP contribution is 2.16. The molecular weight excluding hydrogens is 196 g/mol. The zero-order valence-electron chi connectivity index (χ0n) is 10.3. The molecule has 2 unspecified atom stereocenters. The number of hydrogen-bond donors (Lipinski definition) is 1. The second-order valence-corrected chi connectivity index (χ2v) is 4.98. The summed E-state index contributed by atoms with van der Waals surface area (Å²) in [7, 11) is 4.38. The SMILES string of the molecule is CN(C)C1CCNC(Cc2ccccc2)C1. The average molecular weight is 218 g/mol. The molecule has 2 rings (SSSR count). The molecule has 0 aliphatic carbocycles. The predicted octanol–water partition coefficient (Wildman–Crippen LogP) is 1.91. The van der Waals surface area contributed by atoms with E-state index in [1.165, 1.54) is 18.4 Å². The summed E-state index contributed by atoms with van der Waals surface area (Å²) in [4.78, 5) is 2.36. The average Bonchev–Trinajstić information content (AvgIpc) is 2.30. The minimum atomic E-state index is 0.642. The largest absolute Gasteiger partial charge is 0.314 e. The van der Waals surface area contributed by atoms with Gasteiger partial charge in [-0.25, -0.2) is 0 Å². The second kappa shape index (κ2) is 5.46. The van der Waals surface area contributed by atoms with Crippen LogP contribution in [0.5, 0.6) is 0 Å². The van der Waals surface area contributed by atoms with Crippen molar-refractivity contribution in [1.82, 2.24) is 10.2 Å². The Balaban J connectivity index is 1.90. The second-order valence-electron chi connectivity index (χ2n) is 4.98. The Morgan fingerprint density at radius 3 is 2.69 bits per heavy atom. The number of nitrogens with one attached hydrogen (secondary N) is 1. The fraction of sp³-hybridized carbons (Fsp3) is 0.571. The number of piperidine rings is 1. The summed E-state index contributed by atoms with van der Waals surface area (Å²) in [6.45, 7) is 1.15. The van der Waals surface area contributed by atoms with Crippen molar-refractivity contribution in [2.24, 2.45) is 0 Å². The highest BCUT2D eigenvalue weighted by atomic mass is 15.1. The molecule has 2 heteroatoms. The molecule has 1 N–H and O–H groups in total. The fourth-order valence-electron chi connectivity index (χ4n) is 2.51. The van der Waals surface area contributed by atoms with Gasteiger partial charge in [-0.15, -0.1) is 0 Å². The molecule has 0 aromatic heterocycles. The molecule has 88 valence electrons. The first kappa shape index (κ1) is 11.6. The van der Waals surface area contributed by atoms with Crippen LogP contribution in [-0.4, -0.2) is 37.6 Å². The third-order valence-electron chi connectivity index (χ3n) is 3.52. The zero-order valence-corrected chi connectivity index (χ0v) is 10.3. The number of hydrogen-bond acceptors (Lipinski definition) is 2. The molecule has 16 heavy (non-hydrogen) atoms. The lowest BCUT2D eigenvalue weighted by molar-refractivity contribution is 0.206. The van der Waals surface area contributed by atoms with Crippen molar-refractivity contribution in [3.63, 3.8) is 0 Å². The third kappa shape index (κ3) is 3.06. The lowest BCUT2D eigenvalue weighted by Gasteiger charge is -2.34. The Morgan fingerprint density at radius 1 is 1.25 bits per heavy atom. The molecule has 0 bridgehead atoms. The van der Waals surface area contributed by atoms with E-state index in [0.717, 1.165) is 19.0 Å². The molecule has 1 aliphatic heterocycles. The first-order valence-corrected chi connectivity index (χ1v) is 6.19. The van der Waals surface area contributed by atoms with Gasteiger partial charge in [-0.2, -0.15) is 0 Å². The lowest BCUT2D eigenvalue weighted by atomic mass is 9.94. The highest BCUT2D eigenvalue weighted by molar-refractivity contribution is 5.16. The van der Waals surface area contributed by atoms with Crippen LogP contribution in [0.3, 0.4) is 0 Å². The molecule has 1 saturated heterocycles. The first-order valence-electron chi connectivity index (χ1n) is 6.19. The molecule has 1 aromatic carbocycles. The third-order valence-corrected chi connectivity index (χ3v) is 3.52. The van der Waals surface area contributed by atoms with E-state index in [1.807, 2.05) is 0 Å². The molecule has 2 atom stereocenters. The Hall–Kier alpha value is -0.860. The van der Waals surface area contributed by atoms with E-state index in [2.05, 4.69) is 54.6 Å². The van der Waals surface area contributed by atoms with E-state index in [1.54, 1.807) is 0 Å². The van der Waals surface area contributed by atoms with Crippen LogP contribution in [0.15, 0.2) is 30.3 Å². The topological polar surface area (TPSA) is 15.3 Å². The molecule has 1 fully saturated rings. The summed E-state index contributed by atoms with van der Waals surface area (Å²) in [6.07, 6.45) is 3.70. The molecule has 1 heterocycles. The summed E-state index contributed by atoms with van der Waals surface area (Å²) in [6, 6.07) is 12.2. The number of nitrogens with zero attached hydrogens (tertiary/aromatic N) is 1. The van der Waals surface area contributed by atoms with Gasteiger partial charge in [-0.3, -0.25) is 0 Å². The predicted molar refractivity (Wildman–Crippen MR) is 68.6 cm³/mol. The Kier molecular flexibility index (Phi) is 3.97. The van der Waals surface area contributed by atoms with Crippen molar-refractivity contribution in [3.8, 4) is 0 Å². The summed E-state index contributed by atoms with van der Waals surface area (Å²) >= 11 is 0. The van der Waals surface area contributed by atoms with Crippen LogP contribution < -0.4 is 5.32 Å². The molecule has 0 spiro atoms. The summed E-state index contributed by atoms with van der Waals surface area (Å²) < 4.78 is 0. The monoisotopic (exact) mass is 218 g/mol. The minimum Gasteiger partial charge on any atom is -0.314 e. The van der Waals surface area contributed by atoms with Gasteiger partial charge in [0.05, 0.1) is 0 Å². The van der Waals surface area contributed by atoms with Crippen LogP contribution in [-0.2, 0) is 6.42 Å².